The predicted molar refractivity (Wildman–Crippen MR) is 83.5 cm³/mol. The molecule has 0 spiro atoms. The number of carbonyl (C=O) groups is 1. The van der Waals surface area contributed by atoms with Crippen LogP contribution in [0.5, 0.6) is 0 Å². The van der Waals surface area contributed by atoms with Gasteiger partial charge < -0.3 is 4.90 Å². The zero-order valence-electron chi connectivity index (χ0n) is 13.0. The topological polar surface area (TPSA) is 20.3 Å². The van der Waals surface area contributed by atoms with E-state index in [1.807, 2.05) is 0 Å². The first kappa shape index (κ1) is 18.6. The molecule has 0 saturated carbocycles. The average molecular weight is 391 g/mol. The fourth-order valence-electron chi connectivity index (χ4n) is 2.71. The molecule has 0 radical (unpaired) electrons. The number of rotatable bonds is 3. The van der Waals surface area contributed by atoms with Crippen LogP contribution in [-0.2, 0) is 17.5 Å². The van der Waals surface area contributed by atoms with Crippen LogP contribution in [0, 0.1) is 17.5 Å². The van der Waals surface area contributed by atoms with Crippen molar-refractivity contribution < 1.29 is 31.1 Å². The maximum atomic E-state index is 13.6. The Morgan fingerprint density at radius 2 is 1.77 bits per heavy atom. The zero-order valence-corrected chi connectivity index (χ0v) is 13.8. The summed E-state index contributed by atoms with van der Waals surface area (Å²) in [5.74, 6) is -3.62. The summed E-state index contributed by atoms with van der Waals surface area (Å²) in [5, 5.41) is -1.08. The largest absolute Gasteiger partial charge is 0.416 e. The monoisotopic (exact) mass is 391 g/mol. The van der Waals surface area contributed by atoms with Crippen LogP contribution in [0.4, 0.5) is 26.3 Å². The van der Waals surface area contributed by atoms with Gasteiger partial charge in [0.25, 0.3) is 0 Å². The molecule has 0 N–H and O–H groups in total. The maximum absolute atomic E-state index is 13.6. The van der Waals surface area contributed by atoms with E-state index in [1.54, 1.807) is 0 Å². The van der Waals surface area contributed by atoms with Gasteiger partial charge >= 0.3 is 6.18 Å². The predicted octanol–water partition coefficient (Wildman–Crippen LogP) is 4.90. The molecule has 26 heavy (non-hydrogen) atoms. The number of hydrogen-bond donors (Lipinski definition) is 0. The lowest BCUT2D eigenvalue weighted by molar-refractivity contribution is -0.139. The van der Waals surface area contributed by atoms with E-state index in [1.165, 1.54) is 6.07 Å². The molecule has 1 aliphatic heterocycles. The van der Waals surface area contributed by atoms with Gasteiger partial charge in [-0.1, -0.05) is 6.07 Å². The van der Waals surface area contributed by atoms with Gasteiger partial charge in [-0.15, -0.1) is 11.8 Å². The molecule has 1 atom stereocenters. The number of amides is 1. The first-order valence-electron chi connectivity index (χ1n) is 7.38. The smallest absolute Gasteiger partial charge is 0.321 e. The van der Waals surface area contributed by atoms with E-state index >= 15 is 0 Å². The fourth-order valence-corrected chi connectivity index (χ4v) is 3.93. The summed E-state index contributed by atoms with van der Waals surface area (Å²) in [4.78, 5) is 13.2. The summed E-state index contributed by atoms with van der Waals surface area (Å²) in [7, 11) is 0. The maximum Gasteiger partial charge on any atom is 0.416 e. The lowest BCUT2D eigenvalue weighted by Gasteiger charge is -2.26. The second kappa shape index (κ2) is 6.86. The minimum absolute atomic E-state index is 0.0951. The highest BCUT2D eigenvalue weighted by atomic mass is 32.2. The van der Waals surface area contributed by atoms with Gasteiger partial charge in [0, 0.05) is 6.54 Å². The SMILES string of the molecule is O=C1CSC(c2cc(F)ccc2C(F)(F)F)N1Cc1ccc(F)c(F)c1. The van der Waals surface area contributed by atoms with Gasteiger partial charge in [0.05, 0.1) is 11.3 Å². The van der Waals surface area contributed by atoms with Crippen LogP contribution in [0.25, 0.3) is 0 Å². The minimum Gasteiger partial charge on any atom is -0.321 e. The molecule has 0 aromatic heterocycles. The van der Waals surface area contributed by atoms with Crippen LogP contribution >= 0.6 is 11.8 Å². The molecule has 1 amide bonds. The highest BCUT2D eigenvalue weighted by Gasteiger charge is 2.40. The molecule has 1 saturated heterocycles. The van der Waals surface area contributed by atoms with Crippen molar-refractivity contribution in [1.29, 1.82) is 0 Å². The Labute approximate surface area is 148 Å². The van der Waals surface area contributed by atoms with Gasteiger partial charge in [-0.3, -0.25) is 4.79 Å². The first-order chi connectivity index (χ1) is 12.2. The normalized spacial score (nSPS) is 17.8. The average Bonchev–Trinajstić information content (AvgIpc) is 2.90. The Bertz CT molecular complexity index is 854. The number of thioether (sulfide) groups is 1. The third-order valence-corrected chi connectivity index (χ3v) is 5.13. The number of hydrogen-bond acceptors (Lipinski definition) is 2. The van der Waals surface area contributed by atoms with Crippen molar-refractivity contribution >= 4 is 17.7 Å². The second-order valence-corrected chi connectivity index (χ2v) is 6.73. The molecular formula is C17H11F6NOS. The standard InChI is InChI=1S/C17H11F6NOS/c18-10-2-3-12(17(21,22)23)11(6-10)16-24(15(25)8-26-16)7-9-1-4-13(19)14(20)5-9/h1-6,16H,7-8H2. The third-order valence-electron chi connectivity index (χ3n) is 3.89. The second-order valence-electron chi connectivity index (χ2n) is 5.66. The summed E-state index contributed by atoms with van der Waals surface area (Å²) in [6.45, 7) is -0.221. The van der Waals surface area contributed by atoms with Crippen molar-refractivity contribution in [3.63, 3.8) is 0 Å². The van der Waals surface area contributed by atoms with Gasteiger partial charge in [0.2, 0.25) is 5.91 Å². The molecule has 2 aromatic carbocycles. The molecule has 2 aromatic rings. The number of benzene rings is 2. The van der Waals surface area contributed by atoms with Gasteiger partial charge in [0.15, 0.2) is 11.6 Å². The first-order valence-corrected chi connectivity index (χ1v) is 8.43. The Morgan fingerprint density at radius 1 is 1.04 bits per heavy atom. The number of nitrogens with zero attached hydrogens (tertiary/aromatic N) is 1. The summed E-state index contributed by atoms with van der Waals surface area (Å²) >= 11 is 0.919. The number of alkyl halides is 3. The van der Waals surface area contributed by atoms with Crippen LogP contribution in [0.2, 0.25) is 0 Å². The highest BCUT2D eigenvalue weighted by Crippen LogP contribution is 2.45. The van der Waals surface area contributed by atoms with Crippen LogP contribution in [0.15, 0.2) is 36.4 Å². The summed E-state index contributed by atoms with van der Waals surface area (Å²) in [6.07, 6.45) is -4.72. The summed E-state index contributed by atoms with van der Waals surface area (Å²) < 4.78 is 79.7. The lowest BCUT2D eigenvalue weighted by Crippen LogP contribution is -2.29. The van der Waals surface area contributed by atoms with Crippen molar-refractivity contribution in [2.24, 2.45) is 0 Å². The molecule has 1 unspecified atom stereocenters. The number of halogens is 6. The van der Waals surface area contributed by atoms with Crippen molar-refractivity contribution in [2.45, 2.75) is 18.1 Å². The number of carbonyl (C=O) groups excluding carboxylic acids is 1. The minimum atomic E-state index is -4.72. The molecule has 9 heteroatoms. The molecule has 0 aliphatic carbocycles. The Kier molecular flexibility index (Phi) is 4.92. The Hall–Kier alpha value is -2.16. The van der Waals surface area contributed by atoms with E-state index in [-0.39, 0.29) is 23.4 Å². The van der Waals surface area contributed by atoms with Crippen molar-refractivity contribution in [1.82, 2.24) is 4.90 Å². The molecule has 0 bridgehead atoms. The molecule has 2 nitrogen and oxygen atoms in total. The fraction of sp³-hybridized carbons (Fsp3) is 0.235. The quantitative estimate of drug-likeness (QED) is 0.694. The summed E-state index contributed by atoms with van der Waals surface area (Å²) in [6, 6.07) is 5.06. The molecule has 1 heterocycles. The van der Waals surface area contributed by atoms with Gasteiger partial charge in [-0.25, -0.2) is 13.2 Å². The van der Waals surface area contributed by atoms with Crippen molar-refractivity contribution in [2.75, 3.05) is 5.75 Å². The van der Waals surface area contributed by atoms with E-state index < -0.39 is 40.5 Å². The van der Waals surface area contributed by atoms with Crippen molar-refractivity contribution in [3.8, 4) is 0 Å². The van der Waals surface area contributed by atoms with Crippen molar-refractivity contribution in [3.05, 3.63) is 70.5 Å². The molecule has 138 valence electrons. The molecular weight excluding hydrogens is 380 g/mol. The Balaban J connectivity index is 1.98. The Morgan fingerprint density at radius 3 is 2.42 bits per heavy atom. The summed E-state index contributed by atoms with van der Waals surface area (Å²) in [5.41, 5.74) is -1.20. The van der Waals surface area contributed by atoms with E-state index in [0.717, 1.165) is 34.9 Å². The van der Waals surface area contributed by atoms with Gasteiger partial charge in [-0.2, -0.15) is 13.2 Å². The lowest BCUT2D eigenvalue weighted by atomic mass is 10.1. The molecule has 1 fully saturated rings. The van der Waals surface area contributed by atoms with Crippen LogP contribution < -0.4 is 0 Å². The van der Waals surface area contributed by atoms with Crippen LogP contribution in [-0.4, -0.2) is 16.6 Å². The highest BCUT2D eigenvalue weighted by molar-refractivity contribution is 8.00. The van der Waals surface area contributed by atoms with Gasteiger partial charge in [0.1, 0.15) is 11.2 Å². The van der Waals surface area contributed by atoms with Gasteiger partial charge in [-0.05, 0) is 41.5 Å². The molecule has 3 rings (SSSR count). The van der Waals surface area contributed by atoms with E-state index in [0.29, 0.717) is 12.1 Å². The van der Waals surface area contributed by atoms with E-state index in [4.69, 9.17) is 0 Å². The van der Waals surface area contributed by atoms with Crippen LogP contribution in [0.1, 0.15) is 22.1 Å². The van der Waals surface area contributed by atoms with E-state index in [9.17, 15) is 31.1 Å². The third kappa shape index (κ3) is 3.67. The van der Waals surface area contributed by atoms with Crippen LogP contribution in [0.3, 0.4) is 0 Å². The molecule has 1 aliphatic rings. The van der Waals surface area contributed by atoms with E-state index in [2.05, 4.69) is 0 Å². The zero-order chi connectivity index (χ0) is 19.1.